The predicted octanol–water partition coefficient (Wildman–Crippen LogP) is -0.378. The van der Waals surface area contributed by atoms with Gasteiger partial charge < -0.3 is 24.0 Å². The van der Waals surface area contributed by atoms with E-state index in [4.69, 9.17) is 18.7 Å². The average molecular weight is 281 g/mol. The summed E-state index contributed by atoms with van der Waals surface area (Å²) in [6.07, 6.45) is 0.985. The molecule has 0 heterocycles. The SMILES string of the molecule is CO[Si](CCCNCCN)(O[SiH3])OC(C)(C)C. The van der Waals surface area contributed by atoms with Crippen LogP contribution < -0.4 is 11.1 Å². The minimum Gasteiger partial charge on any atom is -0.424 e. The molecule has 104 valence electrons. The zero-order chi connectivity index (χ0) is 13.4. The summed E-state index contributed by atoms with van der Waals surface area (Å²) in [5.74, 6) is 0. The van der Waals surface area contributed by atoms with Crippen LogP contribution in [0.25, 0.3) is 0 Å². The summed E-state index contributed by atoms with van der Waals surface area (Å²) >= 11 is 0. The van der Waals surface area contributed by atoms with Gasteiger partial charge in [0, 0.05) is 26.2 Å². The first-order valence-corrected chi connectivity index (χ1v) is 8.85. The third kappa shape index (κ3) is 8.03. The molecule has 0 amide bonds. The van der Waals surface area contributed by atoms with E-state index in [1.165, 1.54) is 0 Å². The third-order valence-electron chi connectivity index (χ3n) is 2.24. The smallest absolute Gasteiger partial charge is 0.424 e. The van der Waals surface area contributed by atoms with Gasteiger partial charge in [-0.05, 0) is 33.7 Å². The molecule has 0 saturated carbocycles. The van der Waals surface area contributed by atoms with Crippen molar-refractivity contribution in [3.63, 3.8) is 0 Å². The summed E-state index contributed by atoms with van der Waals surface area (Å²) in [6, 6.07) is 0.849. The van der Waals surface area contributed by atoms with Crippen LogP contribution in [-0.4, -0.2) is 51.6 Å². The van der Waals surface area contributed by atoms with Crippen molar-refractivity contribution in [2.45, 2.75) is 38.8 Å². The normalized spacial score (nSPS) is 16.1. The van der Waals surface area contributed by atoms with Crippen molar-refractivity contribution in [3.05, 3.63) is 0 Å². The summed E-state index contributed by atoms with van der Waals surface area (Å²) < 4.78 is 17.2. The van der Waals surface area contributed by atoms with Crippen molar-refractivity contribution in [3.8, 4) is 0 Å². The molecule has 0 radical (unpaired) electrons. The topological polar surface area (TPSA) is 65.7 Å². The molecule has 1 atom stereocenters. The van der Waals surface area contributed by atoms with E-state index >= 15 is 0 Å². The van der Waals surface area contributed by atoms with Crippen molar-refractivity contribution in [1.82, 2.24) is 5.32 Å². The summed E-state index contributed by atoms with van der Waals surface area (Å²) in [7, 11) is -0.125. The van der Waals surface area contributed by atoms with Crippen molar-refractivity contribution < 1.29 is 13.0 Å². The largest absolute Gasteiger partial charge is 0.490 e. The van der Waals surface area contributed by atoms with Crippen LogP contribution in [0.15, 0.2) is 0 Å². The minimum absolute atomic E-state index is 0.225. The highest BCUT2D eigenvalue weighted by Crippen LogP contribution is 2.22. The van der Waals surface area contributed by atoms with E-state index in [0.717, 1.165) is 25.6 Å². The minimum atomic E-state index is -2.45. The standard InChI is InChI=1S/C10H28N2O3Si2/c1-10(2,3)14-17(13-4,15-16)9-5-7-12-8-6-11/h12H,5-9,11H2,1-4,16H3. The van der Waals surface area contributed by atoms with Crippen LogP contribution in [-0.2, 0) is 13.0 Å². The van der Waals surface area contributed by atoms with E-state index in [1.807, 2.05) is 20.8 Å². The molecule has 3 N–H and O–H groups in total. The van der Waals surface area contributed by atoms with Crippen LogP contribution in [0.3, 0.4) is 0 Å². The van der Waals surface area contributed by atoms with Crippen LogP contribution in [0, 0.1) is 0 Å². The highest BCUT2D eigenvalue weighted by Gasteiger charge is 2.41. The lowest BCUT2D eigenvalue weighted by Gasteiger charge is -2.34. The van der Waals surface area contributed by atoms with Gasteiger partial charge in [-0.3, -0.25) is 0 Å². The molecule has 7 heteroatoms. The lowest BCUT2D eigenvalue weighted by Crippen LogP contribution is -2.49. The van der Waals surface area contributed by atoms with E-state index in [2.05, 4.69) is 5.32 Å². The molecule has 0 aromatic heterocycles. The Bertz CT molecular complexity index is 196. The molecular formula is C10H28N2O3Si2. The van der Waals surface area contributed by atoms with Gasteiger partial charge in [0.1, 0.15) is 10.5 Å². The zero-order valence-corrected chi connectivity index (χ0v) is 14.8. The fraction of sp³-hybridized carbons (Fsp3) is 1.00. The molecule has 0 aromatic carbocycles. The maximum absolute atomic E-state index is 6.01. The molecule has 1 unspecified atom stereocenters. The summed E-state index contributed by atoms with van der Waals surface area (Å²) in [6.45, 7) is 8.53. The maximum atomic E-state index is 6.01. The van der Waals surface area contributed by atoms with Crippen LogP contribution in [0.1, 0.15) is 27.2 Å². The summed E-state index contributed by atoms with van der Waals surface area (Å²) in [4.78, 5) is 0. The molecule has 0 fully saturated rings. The van der Waals surface area contributed by atoms with Crippen LogP contribution >= 0.6 is 0 Å². The number of nitrogens with two attached hydrogens (primary N) is 1. The Hall–Kier alpha value is 0.234. The molecule has 5 nitrogen and oxygen atoms in total. The summed E-state index contributed by atoms with van der Waals surface area (Å²) in [5, 5.41) is 3.26. The van der Waals surface area contributed by atoms with Crippen molar-refractivity contribution in [2.75, 3.05) is 26.7 Å². The molecule has 0 aliphatic carbocycles. The fourth-order valence-electron chi connectivity index (χ4n) is 1.55. The number of hydrogen-bond donors (Lipinski definition) is 2. The first-order valence-electron chi connectivity index (χ1n) is 6.10. The van der Waals surface area contributed by atoms with Gasteiger partial charge in [0.2, 0.25) is 0 Å². The van der Waals surface area contributed by atoms with Crippen molar-refractivity contribution in [2.24, 2.45) is 5.73 Å². The first-order chi connectivity index (χ1) is 7.89. The Morgan fingerprint density at radius 1 is 1.29 bits per heavy atom. The third-order valence-corrected chi connectivity index (χ3v) is 7.24. The van der Waals surface area contributed by atoms with Gasteiger partial charge in [0.15, 0.2) is 0 Å². The van der Waals surface area contributed by atoms with Gasteiger partial charge >= 0.3 is 8.80 Å². The molecule has 0 aliphatic rings. The number of hydrogen-bond acceptors (Lipinski definition) is 5. The first kappa shape index (κ1) is 17.2. The predicted molar refractivity (Wildman–Crippen MR) is 76.0 cm³/mol. The van der Waals surface area contributed by atoms with Crippen LogP contribution in [0.4, 0.5) is 0 Å². The van der Waals surface area contributed by atoms with E-state index in [9.17, 15) is 0 Å². The highest BCUT2D eigenvalue weighted by molar-refractivity contribution is 6.63. The lowest BCUT2D eigenvalue weighted by molar-refractivity contribution is 0.0355. The fourth-order valence-corrected chi connectivity index (χ4v) is 5.29. The maximum Gasteiger partial charge on any atom is 0.490 e. The van der Waals surface area contributed by atoms with Crippen molar-refractivity contribution in [1.29, 1.82) is 0 Å². The van der Waals surface area contributed by atoms with Gasteiger partial charge in [-0.2, -0.15) is 0 Å². The van der Waals surface area contributed by atoms with Crippen LogP contribution in [0.2, 0.25) is 6.04 Å². The van der Waals surface area contributed by atoms with E-state index in [-0.39, 0.29) is 5.60 Å². The highest BCUT2D eigenvalue weighted by atomic mass is 28.4. The van der Waals surface area contributed by atoms with E-state index < -0.39 is 8.80 Å². The van der Waals surface area contributed by atoms with Gasteiger partial charge in [-0.1, -0.05) is 0 Å². The quantitative estimate of drug-likeness (QED) is 0.445. The Labute approximate surface area is 109 Å². The van der Waals surface area contributed by atoms with Gasteiger partial charge in [-0.25, -0.2) is 0 Å². The Morgan fingerprint density at radius 2 is 1.94 bits per heavy atom. The Kier molecular flexibility index (Phi) is 8.47. The molecule has 0 saturated heterocycles. The number of nitrogens with one attached hydrogen (secondary N) is 1. The molecule has 0 aromatic rings. The molecule has 0 rings (SSSR count). The lowest BCUT2D eigenvalue weighted by atomic mass is 10.2. The zero-order valence-electron chi connectivity index (χ0n) is 11.8. The van der Waals surface area contributed by atoms with E-state index in [0.29, 0.717) is 17.0 Å². The van der Waals surface area contributed by atoms with Gasteiger partial charge in [-0.15, -0.1) is 0 Å². The molecule has 0 bridgehead atoms. The Balaban J connectivity index is 4.12. The monoisotopic (exact) mass is 280 g/mol. The molecule has 0 aliphatic heterocycles. The summed E-state index contributed by atoms with van der Waals surface area (Å²) in [5.41, 5.74) is 5.18. The molecule has 17 heavy (non-hydrogen) atoms. The van der Waals surface area contributed by atoms with Crippen LogP contribution in [0.5, 0.6) is 0 Å². The second kappa shape index (κ2) is 8.36. The van der Waals surface area contributed by atoms with E-state index in [1.54, 1.807) is 7.11 Å². The second-order valence-corrected chi connectivity index (χ2v) is 9.06. The molecule has 0 spiro atoms. The molecular weight excluding hydrogens is 252 g/mol. The van der Waals surface area contributed by atoms with Gasteiger partial charge in [0.25, 0.3) is 0 Å². The van der Waals surface area contributed by atoms with Crippen molar-refractivity contribution >= 4 is 19.3 Å². The second-order valence-electron chi connectivity index (χ2n) is 4.95. The van der Waals surface area contributed by atoms with Gasteiger partial charge in [0.05, 0.1) is 5.60 Å². The average Bonchev–Trinajstić information content (AvgIpc) is 2.25. The number of rotatable bonds is 9. The Morgan fingerprint density at radius 3 is 2.35 bits per heavy atom.